The van der Waals surface area contributed by atoms with E-state index in [0.717, 1.165) is 11.1 Å². The van der Waals surface area contributed by atoms with Gasteiger partial charge in [-0.05, 0) is 32.4 Å². The van der Waals surface area contributed by atoms with Crippen LogP contribution in [0.25, 0.3) is 0 Å². The Kier molecular flexibility index (Phi) is 3.52. The molecule has 0 spiro atoms. The van der Waals surface area contributed by atoms with Gasteiger partial charge in [0.05, 0.1) is 10.6 Å². The Morgan fingerprint density at radius 3 is 2.40 bits per heavy atom. The molecular formula is C11H17NO2S. The molecule has 15 heavy (non-hydrogen) atoms. The second-order valence-corrected chi connectivity index (χ2v) is 6.03. The molecule has 0 amide bonds. The quantitative estimate of drug-likeness (QED) is 0.849. The highest BCUT2D eigenvalue weighted by molar-refractivity contribution is 7.91. The summed E-state index contributed by atoms with van der Waals surface area (Å²) in [6, 6.07) is 4.99. The van der Waals surface area contributed by atoms with Crippen molar-refractivity contribution in [1.82, 2.24) is 0 Å². The number of nitrogens with two attached hydrogens (primary N) is 1. The van der Waals surface area contributed by atoms with Gasteiger partial charge < -0.3 is 5.73 Å². The zero-order valence-electron chi connectivity index (χ0n) is 9.32. The predicted molar refractivity (Wildman–Crippen MR) is 61.6 cm³/mol. The maximum atomic E-state index is 11.9. The minimum absolute atomic E-state index is 0.00307. The molecule has 0 fully saturated rings. The van der Waals surface area contributed by atoms with Crippen LogP contribution >= 0.6 is 0 Å². The number of benzene rings is 1. The molecule has 1 aromatic rings. The van der Waals surface area contributed by atoms with E-state index in [9.17, 15) is 8.42 Å². The standard InChI is InChI=1S/C11H17NO2S/c1-8-4-5-11(9(2)6-8)15(13,14)7-10(3)12/h4-6,10H,7,12H2,1-3H3. The smallest absolute Gasteiger partial charge is 0.180 e. The van der Waals surface area contributed by atoms with Crippen molar-refractivity contribution in [3.63, 3.8) is 0 Å². The molecule has 0 heterocycles. The highest BCUT2D eigenvalue weighted by atomic mass is 32.2. The first-order valence-corrected chi connectivity index (χ1v) is 6.54. The molecule has 3 nitrogen and oxygen atoms in total. The Morgan fingerprint density at radius 1 is 1.33 bits per heavy atom. The van der Waals surface area contributed by atoms with Gasteiger partial charge in [-0.1, -0.05) is 17.7 Å². The normalized spacial score (nSPS) is 13.9. The van der Waals surface area contributed by atoms with Gasteiger partial charge in [-0.25, -0.2) is 8.42 Å². The third-order valence-corrected chi connectivity index (χ3v) is 4.24. The third-order valence-electron chi connectivity index (χ3n) is 2.15. The Bertz CT molecular complexity index is 450. The Balaban J connectivity index is 3.16. The Hall–Kier alpha value is -0.870. The molecule has 1 unspecified atom stereocenters. The maximum Gasteiger partial charge on any atom is 0.180 e. The molecule has 0 saturated carbocycles. The van der Waals surface area contributed by atoms with Gasteiger partial charge in [0.15, 0.2) is 9.84 Å². The van der Waals surface area contributed by atoms with Gasteiger partial charge in [-0.15, -0.1) is 0 Å². The monoisotopic (exact) mass is 227 g/mol. The number of hydrogen-bond donors (Lipinski definition) is 1. The summed E-state index contributed by atoms with van der Waals surface area (Å²) in [5.74, 6) is -0.00307. The molecular weight excluding hydrogens is 210 g/mol. The van der Waals surface area contributed by atoms with E-state index in [0.29, 0.717) is 4.90 Å². The zero-order chi connectivity index (χ0) is 11.6. The van der Waals surface area contributed by atoms with Gasteiger partial charge in [-0.3, -0.25) is 0 Å². The van der Waals surface area contributed by atoms with Crippen molar-refractivity contribution in [1.29, 1.82) is 0 Å². The number of rotatable bonds is 3. The van der Waals surface area contributed by atoms with E-state index < -0.39 is 9.84 Å². The molecule has 4 heteroatoms. The molecule has 2 N–H and O–H groups in total. The van der Waals surface area contributed by atoms with Gasteiger partial charge in [-0.2, -0.15) is 0 Å². The Labute approximate surface area is 91.2 Å². The van der Waals surface area contributed by atoms with Crippen molar-refractivity contribution < 1.29 is 8.42 Å². The average molecular weight is 227 g/mol. The lowest BCUT2D eigenvalue weighted by atomic mass is 10.2. The lowest BCUT2D eigenvalue weighted by Crippen LogP contribution is -2.26. The molecule has 1 rings (SSSR count). The van der Waals surface area contributed by atoms with Gasteiger partial charge in [0, 0.05) is 6.04 Å². The van der Waals surface area contributed by atoms with Gasteiger partial charge >= 0.3 is 0 Å². The van der Waals surface area contributed by atoms with Crippen LogP contribution in [-0.2, 0) is 9.84 Å². The van der Waals surface area contributed by atoms with E-state index in [1.54, 1.807) is 26.0 Å². The summed E-state index contributed by atoms with van der Waals surface area (Å²) in [4.78, 5) is 0.394. The molecule has 0 bridgehead atoms. The van der Waals surface area contributed by atoms with Crippen molar-refractivity contribution >= 4 is 9.84 Å². The van der Waals surface area contributed by atoms with E-state index in [1.165, 1.54) is 0 Å². The summed E-state index contributed by atoms with van der Waals surface area (Å²) in [5.41, 5.74) is 7.37. The van der Waals surface area contributed by atoms with Crippen LogP contribution in [0.1, 0.15) is 18.1 Å². The fourth-order valence-electron chi connectivity index (χ4n) is 1.58. The van der Waals surface area contributed by atoms with Crippen molar-refractivity contribution in [3.8, 4) is 0 Å². The Morgan fingerprint density at radius 2 is 1.93 bits per heavy atom. The molecule has 1 aromatic carbocycles. The first-order chi connectivity index (χ1) is 6.83. The SMILES string of the molecule is Cc1ccc(S(=O)(=O)CC(C)N)c(C)c1. The average Bonchev–Trinajstić information content (AvgIpc) is 1.99. The minimum atomic E-state index is -3.23. The summed E-state index contributed by atoms with van der Waals surface area (Å²) in [7, 11) is -3.23. The van der Waals surface area contributed by atoms with E-state index in [4.69, 9.17) is 5.73 Å². The highest BCUT2D eigenvalue weighted by Gasteiger charge is 2.18. The van der Waals surface area contributed by atoms with Crippen LogP contribution in [0, 0.1) is 13.8 Å². The number of sulfone groups is 1. The molecule has 0 aliphatic rings. The van der Waals surface area contributed by atoms with Gasteiger partial charge in [0.2, 0.25) is 0 Å². The van der Waals surface area contributed by atoms with Crippen molar-refractivity contribution in [2.45, 2.75) is 31.7 Å². The molecule has 84 valence electrons. The lowest BCUT2D eigenvalue weighted by molar-refractivity contribution is 0.589. The van der Waals surface area contributed by atoms with Crippen molar-refractivity contribution in [2.75, 3.05) is 5.75 Å². The fourth-order valence-corrected chi connectivity index (χ4v) is 3.28. The van der Waals surface area contributed by atoms with Crippen molar-refractivity contribution in [3.05, 3.63) is 29.3 Å². The van der Waals surface area contributed by atoms with Crippen LogP contribution in [0.4, 0.5) is 0 Å². The molecule has 0 aliphatic carbocycles. The number of aryl methyl sites for hydroxylation is 2. The molecule has 1 atom stereocenters. The molecule has 0 aliphatic heterocycles. The minimum Gasteiger partial charge on any atom is -0.327 e. The lowest BCUT2D eigenvalue weighted by Gasteiger charge is -2.10. The fraction of sp³-hybridized carbons (Fsp3) is 0.455. The zero-order valence-corrected chi connectivity index (χ0v) is 10.1. The van der Waals surface area contributed by atoms with E-state index in [2.05, 4.69) is 0 Å². The first kappa shape index (κ1) is 12.2. The summed E-state index contributed by atoms with van der Waals surface area (Å²) >= 11 is 0. The van der Waals surface area contributed by atoms with E-state index >= 15 is 0 Å². The number of hydrogen-bond acceptors (Lipinski definition) is 3. The van der Waals surface area contributed by atoms with Crippen LogP contribution in [0.5, 0.6) is 0 Å². The highest BCUT2D eigenvalue weighted by Crippen LogP contribution is 2.18. The first-order valence-electron chi connectivity index (χ1n) is 4.88. The molecule has 0 aromatic heterocycles. The second kappa shape index (κ2) is 4.33. The van der Waals surface area contributed by atoms with Gasteiger partial charge in [0.1, 0.15) is 0 Å². The van der Waals surface area contributed by atoms with Crippen molar-refractivity contribution in [2.24, 2.45) is 5.73 Å². The summed E-state index contributed by atoms with van der Waals surface area (Å²) in [6.07, 6.45) is 0. The van der Waals surface area contributed by atoms with E-state index in [-0.39, 0.29) is 11.8 Å². The summed E-state index contributed by atoms with van der Waals surface area (Å²) < 4.78 is 23.8. The van der Waals surface area contributed by atoms with E-state index in [1.807, 2.05) is 13.0 Å². The second-order valence-electron chi connectivity index (χ2n) is 4.03. The van der Waals surface area contributed by atoms with Crippen LogP contribution in [0.3, 0.4) is 0 Å². The van der Waals surface area contributed by atoms with Crippen LogP contribution in [0.15, 0.2) is 23.1 Å². The molecule has 0 saturated heterocycles. The molecule has 0 radical (unpaired) electrons. The topological polar surface area (TPSA) is 60.2 Å². The predicted octanol–water partition coefficient (Wildman–Crippen LogP) is 1.42. The van der Waals surface area contributed by atoms with Gasteiger partial charge in [0.25, 0.3) is 0 Å². The largest absolute Gasteiger partial charge is 0.327 e. The van der Waals surface area contributed by atoms with Crippen LogP contribution in [-0.4, -0.2) is 20.2 Å². The maximum absolute atomic E-state index is 11.9. The van der Waals surface area contributed by atoms with Crippen LogP contribution < -0.4 is 5.73 Å². The summed E-state index contributed by atoms with van der Waals surface area (Å²) in [6.45, 7) is 5.44. The third kappa shape index (κ3) is 3.04. The van der Waals surface area contributed by atoms with Crippen LogP contribution in [0.2, 0.25) is 0 Å². The summed E-state index contributed by atoms with van der Waals surface area (Å²) in [5, 5.41) is 0.